The first kappa shape index (κ1) is 15.7. The Morgan fingerprint density at radius 3 is 2.70 bits per heavy atom. The van der Waals surface area contributed by atoms with Gasteiger partial charge in [-0.2, -0.15) is 4.31 Å². The first-order valence-corrected chi connectivity index (χ1v) is 9.15. The van der Waals surface area contributed by atoms with E-state index in [0.717, 1.165) is 19.3 Å². The number of rotatable bonds is 3. The van der Waals surface area contributed by atoms with Crippen LogP contribution in [-0.2, 0) is 19.6 Å². The molecule has 2 heterocycles. The van der Waals surface area contributed by atoms with Crippen molar-refractivity contribution in [2.24, 2.45) is 0 Å². The summed E-state index contributed by atoms with van der Waals surface area (Å²) in [5, 5.41) is 0. The van der Waals surface area contributed by atoms with Crippen LogP contribution in [0.15, 0.2) is 0 Å². The Hall–Kier alpha value is -0.660. The number of amides is 1. The van der Waals surface area contributed by atoms with Crippen LogP contribution in [0.1, 0.15) is 32.6 Å². The van der Waals surface area contributed by atoms with Gasteiger partial charge in [-0.05, 0) is 19.3 Å². The number of nitrogens with zero attached hydrogens (tertiary/aromatic N) is 2. The molecule has 2 atom stereocenters. The van der Waals surface area contributed by atoms with E-state index in [1.54, 1.807) is 4.90 Å². The first-order valence-electron chi connectivity index (χ1n) is 7.30. The minimum atomic E-state index is -3.32. The molecule has 2 aliphatic rings. The fraction of sp³-hybridized carbons (Fsp3) is 0.923. The van der Waals surface area contributed by atoms with Crippen LogP contribution in [0, 0.1) is 0 Å². The summed E-state index contributed by atoms with van der Waals surface area (Å²) < 4.78 is 30.6. The molecule has 0 N–H and O–H groups in total. The Morgan fingerprint density at radius 1 is 1.30 bits per heavy atom. The summed E-state index contributed by atoms with van der Waals surface area (Å²) in [6.07, 6.45) is 4.49. The molecule has 20 heavy (non-hydrogen) atoms. The number of carbonyl (C=O) groups excluding carboxylic acids is 1. The summed E-state index contributed by atoms with van der Waals surface area (Å²) in [6.45, 7) is 4.15. The fourth-order valence-corrected chi connectivity index (χ4v) is 4.04. The second kappa shape index (κ2) is 6.41. The molecule has 0 saturated carbocycles. The van der Waals surface area contributed by atoms with E-state index in [1.165, 1.54) is 10.6 Å². The molecule has 2 fully saturated rings. The molecule has 0 unspecified atom stereocenters. The molecule has 2 saturated heterocycles. The summed E-state index contributed by atoms with van der Waals surface area (Å²) in [6, 6.07) is -0.519. The lowest BCUT2D eigenvalue weighted by atomic mass is 10.0. The summed E-state index contributed by atoms with van der Waals surface area (Å²) in [4.78, 5) is 14.4. The van der Waals surface area contributed by atoms with Crippen LogP contribution in [0.25, 0.3) is 0 Å². The summed E-state index contributed by atoms with van der Waals surface area (Å²) in [7, 11) is -3.32. The number of morpholine rings is 1. The van der Waals surface area contributed by atoms with Crippen LogP contribution >= 0.6 is 0 Å². The Morgan fingerprint density at radius 2 is 2.05 bits per heavy atom. The van der Waals surface area contributed by atoms with Crippen LogP contribution in [0.3, 0.4) is 0 Å². The van der Waals surface area contributed by atoms with Crippen LogP contribution in [-0.4, -0.2) is 68.2 Å². The number of carbonyl (C=O) groups is 1. The molecule has 0 spiro atoms. The number of piperidine rings is 1. The SMILES string of the molecule is CC[C@H]1CN(C(=O)[C@H]2CCCCN2S(C)(=O)=O)CCO1. The van der Waals surface area contributed by atoms with Gasteiger partial charge in [-0.25, -0.2) is 8.42 Å². The molecule has 1 amide bonds. The molecule has 7 heteroatoms. The molecular formula is C13H24N2O4S. The van der Waals surface area contributed by atoms with Crippen LogP contribution < -0.4 is 0 Å². The molecule has 116 valence electrons. The zero-order valence-electron chi connectivity index (χ0n) is 12.2. The molecular weight excluding hydrogens is 280 g/mol. The lowest BCUT2D eigenvalue weighted by molar-refractivity contribution is -0.143. The second-order valence-corrected chi connectivity index (χ2v) is 7.51. The molecule has 0 bridgehead atoms. The van der Waals surface area contributed by atoms with Gasteiger partial charge in [0.05, 0.1) is 19.0 Å². The molecule has 6 nitrogen and oxygen atoms in total. The predicted octanol–water partition coefficient (Wildman–Crippen LogP) is 0.438. The van der Waals surface area contributed by atoms with E-state index >= 15 is 0 Å². The lowest BCUT2D eigenvalue weighted by Crippen LogP contribution is -2.56. The number of sulfonamides is 1. The Bertz CT molecular complexity index is 451. The zero-order chi connectivity index (χ0) is 14.8. The smallest absolute Gasteiger partial charge is 0.241 e. The zero-order valence-corrected chi connectivity index (χ0v) is 13.1. The standard InChI is InChI=1S/C13H24N2O4S/c1-3-11-10-14(8-9-19-11)13(16)12-6-4-5-7-15(12)20(2,17)18/h11-12H,3-10H2,1-2H3/t11-,12+/m0/s1. The highest BCUT2D eigenvalue weighted by molar-refractivity contribution is 7.88. The maximum Gasteiger partial charge on any atom is 0.241 e. The molecule has 0 aromatic heterocycles. The number of hydrogen-bond acceptors (Lipinski definition) is 4. The molecule has 0 radical (unpaired) electrons. The molecule has 2 rings (SSSR count). The quantitative estimate of drug-likeness (QED) is 0.759. The van der Waals surface area contributed by atoms with Crippen molar-refractivity contribution in [2.45, 2.75) is 44.8 Å². The van der Waals surface area contributed by atoms with Crippen LogP contribution in [0.4, 0.5) is 0 Å². The van der Waals surface area contributed by atoms with Crippen LogP contribution in [0.2, 0.25) is 0 Å². The van der Waals surface area contributed by atoms with Gasteiger partial charge in [0, 0.05) is 19.6 Å². The van der Waals surface area contributed by atoms with Gasteiger partial charge < -0.3 is 9.64 Å². The van der Waals surface area contributed by atoms with Gasteiger partial charge in [0.1, 0.15) is 6.04 Å². The van der Waals surface area contributed by atoms with E-state index in [-0.39, 0.29) is 12.0 Å². The third-order valence-electron chi connectivity index (χ3n) is 4.07. The molecule has 0 aliphatic carbocycles. The van der Waals surface area contributed by atoms with Crippen molar-refractivity contribution in [3.63, 3.8) is 0 Å². The second-order valence-electron chi connectivity index (χ2n) is 5.57. The van der Waals surface area contributed by atoms with Crippen molar-refractivity contribution in [3.8, 4) is 0 Å². The maximum atomic E-state index is 12.6. The van der Waals surface area contributed by atoms with E-state index in [9.17, 15) is 13.2 Å². The summed E-state index contributed by atoms with van der Waals surface area (Å²) >= 11 is 0. The highest BCUT2D eigenvalue weighted by Gasteiger charge is 2.37. The van der Waals surface area contributed by atoms with Crippen molar-refractivity contribution in [1.29, 1.82) is 0 Å². The van der Waals surface area contributed by atoms with Crippen molar-refractivity contribution >= 4 is 15.9 Å². The third kappa shape index (κ3) is 3.51. The highest BCUT2D eigenvalue weighted by Crippen LogP contribution is 2.22. The van der Waals surface area contributed by atoms with Crippen molar-refractivity contribution in [2.75, 3.05) is 32.5 Å². The van der Waals surface area contributed by atoms with Gasteiger partial charge in [-0.3, -0.25) is 4.79 Å². The first-order chi connectivity index (χ1) is 9.43. The minimum Gasteiger partial charge on any atom is -0.375 e. The van der Waals surface area contributed by atoms with E-state index in [2.05, 4.69) is 0 Å². The van der Waals surface area contributed by atoms with Crippen molar-refractivity contribution in [3.05, 3.63) is 0 Å². The normalized spacial score (nSPS) is 29.4. The topological polar surface area (TPSA) is 66.9 Å². The maximum absolute atomic E-state index is 12.6. The van der Waals surface area contributed by atoms with Crippen molar-refractivity contribution in [1.82, 2.24) is 9.21 Å². The molecule has 2 aliphatic heterocycles. The number of hydrogen-bond donors (Lipinski definition) is 0. The molecule has 0 aromatic rings. The summed E-state index contributed by atoms with van der Waals surface area (Å²) in [5.74, 6) is -0.0584. The molecule has 0 aromatic carbocycles. The van der Waals surface area contributed by atoms with Crippen LogP contribution in [0.5, 0.6) is 0 Å². The Kier molecular flexibility index (Phi) is 5.04. The Labute approximate surface area is 121 Å². The average Bonchev–Trinajstić information content (AvgIpc) is 2.45. The van der Waals surface area contributed by atoms with E-state index < -0.39 is 16.1 Å². The number of ether oxygens (including phenoxy) is 1. The largest absolute Gasteiger partial charge is 0.375 e. The van der Waals surface area contributed by atoms with Gasteiger partial charge in [0.15, 0.2) is 0 Å². The predicted molar refractivity (Wildman–Crippen MR) is 75.8 cm³/mol. The van der Waals surface area contributed by atoms with E-state index in [1.807, 2.05) is 6.92 Å². The minimum absolute atomic E-state index is 0.0584. The van der Waals surface area contributed by atoms with Gasteiger partial charge in [0.2, 0.25) is 15.9 Å². The highest BCUT2D eigenvalue weighted by atomic mass is 32.2. The van der Waals surface area contributed by atoms with Gasteiger partial charge >= 0.3 is 0 Å². The van der Waals surface area contributed by atoms with Gasteiger partial charge in [-0.15, -0.1) is 0 Å². The van der Waals surface area contributed by atoms with Crippen molar-refractivity contribution < 1.29 is 17.9 Å². The lowest BCUT2D eigenvalue weighted by Gasteiger charge is -2.39. The van der Waals surface area contributed by atoms with E-state index in [0.29, 0.717) is 32.7 Å². The monoisotopic (exact) mass is 304 g/mol. The third-order valence-corrected chi connectivity index (χ3v) is 5.36. The Balaban J connectivity index is 2.09. The average molecular weight is 304 g/mol. The van der Waals surface area contributed by atoms with Gasteiger partial charge in [-0.1, -0.05) is 13.3 Å². The fourth-order valence-electron chi connectivity index (χ4n) is 2.93. The van der Waals surface area contributed by atoms with Gasteiger partial charge in [0.25, 0.3) is 0 Å². The van der Waals surface area contributed by atoms with E-state index in [4.69, 9.17) is 4.74 Å². The summed E-state index contributed by atoms with van der Waals surface area (Å²) in [5.41, 5.74) is 0.